The van der Waals surface area contributed by atoms with Crippen molar-refractivity contribution in [1.82, 2.24) is 15.1 Å². The predicted molar refractivity (Wildman–Crippen MR) is 102 cm³/mol. The van der Waals surface area contributed by atoms with Gasteiger partial charge in [-0.05, 0) is 37.5 Å². The zero-order valence-electron chi connectivity index (χ0n) is 14.9. The molecule has 1 aromatic carbocycles. The van der Waals surface area contributed by atoms with Crippen LogP contribution in [-0.4, -0.2) is 60.9 Å². The maximum absolute atomic E-state index is 13.8. The van der Waals surface area contributed by atoms with Crippen LogP contribution in [0, 0.1) is 5.82 Å². The van der Waals surface area contributed by atoms with Gasteiger partial charge in [0.05, 0.1) is 0 Å². The molecule has 1 N–H and O–H groups in total. The van der Waals surface area contributed by atoms with Crippen LogP contribution in [0.25, 0.3) is 0 Å². The highest BCUT2D eigenvalue weighted by molar-refractivity contribution is 9.10. The van der Waals surface area contributed by atoms with E-state index in [4.69, 9.17) is 0 Å². The Labute approximate surface area is 157 Å². The zero-order chi connectivity index (χ0) is 18.2. The standard InChI is InChI=1S/C18H26BrFN4O/c1-3-21-18(24-11-9-23(10-12-24)14(2)25)22-8-4-5-15-6-7-16(19)13-17(15)20/h6-7,13H,3-5,8-12H2,1-2H3,(H,21,22). The van der Waals surface area contributed by atoms with Gasteiger partial charge in [0.1, 0.15) is 5.82 Å². The number of hydrogen-bond donors (Lipinski definition) is 1. The van der Waals surface area contributed by atoms with Crippen LogP contribution >= 0.6 is 15.9 Å². The summed E-state index contributed by atoms with van der Waals surface area (Å²) in [6.07, 6.45) is 1.46. The molecule has 2 rings (SSSR count). The Kier molecular flexibility index (Phi) is 7.68. The smallest absolute Gasteiger partial charge is 0.219 e. The quantitative estimate of drug-likeness (QED) is 0.459. The minimum atomic E-state index is -0.175. The van der Waals surface area contributed by atoms with E-state index in [9.17, 15) is 9.18 Å². The van der Waals surface area contributed by atoms with Gasteiger partial charge < -0.3 is 15.1 Å². The molecule has 1 amide bonds. The van der Waals surface area contributed by atoms with E-state index in [0.717, 1.165) is 55.1 Å². The lowest BCUT2D eigenvalue weighted by Crippen LogP contribution is -2.53. The molecule has 0 unspecified atom stereocenters. The number of benzene rings is 1. The second kappa shape index (κ2) is 9.75. The van der Waals surface area contributed by atoms with E-state index in [1.807, 2.05) is 24.0 Å². The van der Waals surface area contributed by atoms with Crippen molar-refractivity contribution in [1.29, 1.82) is 0 Å². The molecular weight excluding hydrogens is 387 g/mol. The van der Waals surface area contributed by atoms with Gasteiger partial charge in [-0.2, -0.15) is 0 Å². The maximum Gasteiger partial charge on any atom is 0.219 e. The number of amides is 1. The summed E-state index contributed by atoms with van der Waals surface area (Å²) in [7, 11) is 0. The Balaban J connectivity index is 1.86. The first-order chi connectivity index (χ1) is 12.0. The zero-order valence-corrected chi connectivity index (χ0v) is 16.5. The highest BCUT2D eigenvalue weighted by Crippen LogP contribution is 2.16. The summed E-state index contributed by atoms with van der Waals surface area (Å²) in [4.78, 5) is 20.1. The Morgan fingerprint density at radius 3 is 2.56 bits per heavy atom. The molecule has 0 aromatic heterocycles. The van der Waals surface area contributed by atoms with Gasteiger partial charge in [0.25, 0.3) is 0 Å². The van der Waals surface area contributed by atoms with Gasteiger partial charge in [-0.3, -0.25) is 9.79 Å². The molecule has 1 aromatic rings. The lowest BCUT2D eigenvalue weighted by atomic mass is 10.1. The molecule has 1 aliphatic heterocycles. The molecule has 0 bridgehead atoms. The highest BCUT2D eigenvalue weighted by Gasteiger charge is 2.20. The summed E-state index contributed by atoms with van der Waals surface area (Å²) in [6.45, 7) is 8.11. The first kappa shape index (κ1) is 19.7. The minimum Gasteiger partial charge on any atom is -0.357 e. The van der Waals surface area contributed by atoms with Crippen LogP contribution in [0.1, 0.15) is 25.8 Å². The first-order valence-corrected chi connectivity index (χ1v) is 9.53. The fourth-order valence-electron chi connectivity index (χ4n) is 2.84. The average molecular weight is 413 g/mol. The van der Waals surface area contributed by atoms with Crippen molar-refractivity contribution in [3.05, 3.63) is 34.1 Å². The maximum atomic E-state index is 13.8. The largest absolute Gasteiger partial charge is 0.357 e. The number of carbonyl (C=O) groups is 1. The monoisotopic (exact) mass is 412 g/mol. The second-order valence-corrected chi connectivity index (χ2v) is 6.98. The van der Waals surface area contributed by atoms with Crippen molar-refractivity contribution in [3.8, 4) is 0 Å². The summed E-state index contributed by atoms with van der Waals surface area (Å²) in [5.74, 6) is 0.825. The van der Waals surface area contributed by atoms with Gasteiger partial charge in [0.15, 0.2) is 5.96 Å². The van der Waals surface area contributed by atoms with Gasteiger partial charge in [-0.15, -0.1) is 0 Å². The number of aliphatic imine (C=N–C) groups is 1. The third-order valence-electron chi connectivity index (χ3n) is 4.24. The Hall–Kier alpha value is -1.63. The van der Waals surface area contributed by atoms with Crippen molar-refractivity contribution < 1.29 is 9.18 Å². The number of nitrogens with zero attached hydrogens (tertiary/aromatic N) is 3. The average Bonchev–Trinajstić information content (AvgIpc) is 2.59. The molecule has 1 heterocycles. The molecule has 0 spiro atoms. The minimum absolute atomic E-state index is 0.123. The Morgan fingerprint density at radius 1 is 1.28 bits per heavy atom. The molecule has 0 radical (unpaired) electrons. The summed E-state index contributed by atoms with van der Waals surface area (Å²) >= 11 is 3.27. The number of carbonyl (C=O) groups excluding carboxylic acids is 1. The number of aryl methyl sites for hydroxylation is 1. The SMILES string of the molecule is CCNC(=NCCCc1ccc(Br)cc1F)N1CCN(C(C)=O)CC1. The number of hydrogen-bond acceptors (Lipinski definition) is 2. The van der Waals surface area contributed by atoms with Crippen molar-refractivity contribution in [2.45, 2.75) is 26.7 Å². The number of halogens is 2. The van der Waals surface area contributed by atoms with Crippen LogP contribution in [0.5, 0.6) is 0 Å². The lowest BCUT2D eigenvalue weighted by molar-refractivity contribution is -0.130. The normalized spacial score (nSPS) is 15.4. The fraction of sp³-hybridized carbons (Fsp3) is 0.556. The van der Waals surface area contributed by atoms with Crippen LogP contribution < -0.4 is 5.32 Å². The van der Waals surface area contributed by atoms with E-state index in [1.54, 1.807) is 6.92 Å². The molecule has 25 heavy (non-hydrogen) atoms. The van der Waals surface area contributed by atoms with Crippen molar-refractivity contribution >= 4 is 27.8 Å². The van der Waals surface area contributed by atoms with Gasteiger partial charge >= 0.3 is 0 Å². The number of piperazine rings is 1. The van der Waals surface area contributed by atoms with Gasteiger partial charge in [0, 0.05) is 50.7 Å². The van der Waals surface area contributed by atoms with Crippen molar-refractivity contribution in [3.63, 3.8) is 0 Å². The Bertz CT molecular complexity index is 615. The molecule has 0 aliphatic carbocycles. The molecule has 1 aliphatic rings. The molecule has 0 atom stereocenters. The van der Waals surface area contributed by atoms with E-state index < -0.39 is 0 Å². The second-order valence-electron chi connectivity index (χ2n) is 6.07. The number of rotatable bonds is 5. The van der Waals surface area contributed by atoms with E-state index >= 15 is 0 Å². The third kappa shape index (κ3) is 5.99. The van der Waals surface area contributed by atoms with Crippen LogP contribution in [0.15, 0.2) is 27.7 Å². The van der Waals surface area contributed by atoms with E-state index in [2.05, 4.69) is 31.1 Å². The molecule has 138 valence electrons. The molecular formula is C18H26BrFN4O. The van der Waals surface area contributed by atoms with Gasteiger partial charge in [-0.1, -0.05) is 22.0 Å². The van der Waals surface area contributed by atoms with Crippen LogP contribution in [-0.2, 0) is 11.2 Å². The topological polar surface area (TPSA) is 47.9 Å². The fourth-order valence-corrected chi connectivity index (χ4v) is 3.17. The summed E-state index contributed by atoms with van der Waals surface area (Å²) in [5.41, 5.74) is 0.721. The molecule has 1 saturated heterocycles. The summed E-state index contributed by atoms with van der Waals surface area (Å²) in [5, 5.41) is 3.31. The number of nitrogens with one attached hydrogen (secondary N) is 1. The third-order valence-corrected chi connectivity index (χ3v) is 4.73. The predicted octanol–water partition coefficient (Wildman–Crippen LogP) is 2.65. The molecule has 7 heteroatoms. The van der Waals surface area contributed by atoms with Crippen LogP contribution in [0.3, 0.4) is 0 Å². The van der Waals surface area contributed by atoms with Crippen LogP contribution in [0.4, 0.5) is 4.39 Å². The summed E-state index contributed by atoms with van der Waals surface area (Å²) in [6, 6.07) is 5.17. The number of guanidine groups is 1. The molecule has 1 fully saturated rings. The highest BCUT2D eigenvalue weighted by atomic mass is 79.9. The van der Waals surface area contributed by atoms with E-state index in [0.29, 0.717) is 13.0 Å². The lowest BCUT2D eigenvalue weighted by Gasteiger charge is -2.36. The molecule has 5 nitrogen and oxygen atoms in total. The van der Waals surface area contributed by atoms with Crippen LogP contribution in [0.2, 0.25) is 0 Å². The van der Waals surface area contributed by atoms with Gasteiger partial charge in [-0.25, -0.2) is 4.39 Å². The summed E-state index contributed by atoms with van der Waals surface area (Å²) < 4.78 is 14.6. The van der Waals surface area contributed by atoms with E-state index in [-0.39, 0.29) is 11.7 Å². The van der Waals surface area contributed by atoms with Gasteiger partial charge in [0.2, 0.25) is 5.91 Å². The first-order valence-electron chi connectivity index (χ1n) is 8.74. The van der Waals surface area contributed by atoms with E-state index in [1.165, 1.54) is 6.07 Å². The Morgan fingerprint density at radius 2 is 1.96 bits per heavy atom. The van der Waals surface area contributed by atoms with Crippen molar-refractivity contribution in [2.24, 2.45) is 4.99 Å². The molecule has 0 saturated carbocycles. The van der Waals surface area contributed by atoms with Crippen molar-refractivity contribution in [2.75, 3.05) is 39.3 Å².